The van der Waals surface area contributed by atoms with Gasteiger partial charge in [-0.3, -0.25) is 0 Å². The van der Waals surface area contributed by atoms with E-state index in [-0.39, 0.29) is 5.97 Å². The van der Waals surface area contributed by atoms with E-state index in [1.54, 1.807) is 13.2 Å². The molecule has 0 aliphatic heterocycles. The van der Waals surface area contributed by atoms with Gasteiger partial charge >= 0.3 is 5.97 Å². The fourth-order valence-electron chi connectivity index (χ4n) is 2.21. The maximum atomic E-state index is 11.5. The Bertz CT molecular complexity index is 620. The molecule has 0 bridgehead atoms. The largest absolute Gasteiger partial charge is 0.496 e. The number of nitrogens with one attached hydrogen (secondary N) is 1. The molecule has 5 nitrogen and oxygen atoms in total. The van der Waals surface area contributed by atoms with E-state index in [9.17, 15) is 4.79 Å². The second-order valence-electron chi connectivity index (χ2n) is 4.68. The highest BCUT2D eigenvalue weighted by Gasteiger charge is 2.12. The van der Waals surface area contributed by atoms with Crippen molar-refractivity contribution in [3.63, 3.8) is 0 Å². The lowest BCUT2D eigenvalue weighted by Crippen LogP contribution is -2.17. The number of para-hydroxylation sites is 1. The number of hydrogen-bond acceptors (Lipinski definition) is 4. The van der Waals surface area contributed by atoms with Crippen LogP contribution in [0.4, 0.5) is 0 Å². The Balaban J connectivity index is 1.98. The molecule has 2 aromatic rings. The van der Waals surface area contributed by atoms with Gasteiger partial charge in [0.15, 0.2) is 0 Å². The first-order valence-corrected chi connectivity index (χ1v) is 6.73. The molecule has 1 N–H and O–H groups in total. The predicted octanol–water partition coefficient (Wildman–Crippen LogP) is 2.11. The van der Waals surface area contributed by atoms with Gasteiger partial charge in [-0.05, 0) is 18.2 Å². The van der Waals surface area contributed by atoms with Gasteiger partial charge in [-0.15, -0.1) is 0 Å². The third kappa shape index (κ3) is 3.44. The van der Waals surface area contributed by atoms with Crippen LogP contribution < -0.4 is 10.1 Å². The zero-order valence-corrected chi connectivity index (χ0v) is 12.6. The van der Waals surface area contributed by atoms with Crippen LogP contribution in [0.25, 0.3) is 0 Å². The molecule has 0 fully saturated rings. The Morgan fingerprint density at radius 3 is 2.62 bits per heavy atom. The zero-order chi connectivity index (χ0) is 15.2. The summed E-state index contributed by atoms with van der Waals surface area (Å²) in [4.78, 5) is 11.5. The topological polar surface area (TPSA) is 52.5 Å². The minimum Gasteiger partial charge on any atom is -0.496 e. The molecule has 1 heterocycles. The number of nitrogens with zero attached hydrogens (tertiary/aromatic N) is 1. The number of carbonyl (C=O) groups is 1. The van der Waals surface area contributed by atoms with Gasteiger partial charge in [-0.1, -0.05) is 18.2 Å². The molecule has 0 spiro atoms. The Morgan fingerprint density at radius 2 is 1.90 bits per heavy atom. The molecule has 1 aromatic carbocycles. The van der Waals surface area contributed by atoms with Crippen molar-refractivity contribution < 1.29 is 14.3 Å². The highest BCUT2D eigenvalue weighted by atomic mass is 16.5. The van der Waals surface area contributed by atoms with Gasteiger partial charge < -0.3 is 19.4 Å². The summed E-state index contributed by atoms with van der Waals surface area (Å²) in [6.07, 6.45) is 0. The van der Waals surface area contributed by atoms with Crippen LogP contribution in [0.2, 0.25) is 0 Å². The van der Waals surface area contributed by atoms with Crippen LogP contribution in [0.3, 0.4) is 0 Å². The summed E-state index contributed by atoms with van der Waals surface area (Å²) in [5.41, 5.74) is 2.67. The molecule has 0 aliphatic carbocycles. The van der Waals surface area contributed by atoms with Crippen molar-refractivity contribution in [1.29, 1.82) is 0 Å². The van der Waals surface area contributed by atoms with Crippen molar-refractivity contribution in [1.82, 2.24) is 9.88 Å². The highest BCUT2D eigenvalue weighted by molar-refractivity contribution is 5.87. The maximum Gasteiger partial charge on any atom is 0.354 e. The number of rotatable bonds is 6. The summed E-state index contributed by atoms with van der Waals surface area (Å²) in [6, 6.07) is 11.6. The highest BCUT2D eigenvalue weighted by Crippen LogP contribution is 2.17. The third-order valence-corrected chi connectivity index (χ3v) is 3.43. The number of carbonyl (C=O) groups excluding carboxylic acids is 1. The number of methoxy groups -OCH3 is 2. The van der Waals surface area contributed by atoms with E-state index in [0.29, 0.717) is 18.8 Å². The average Bonchev–Trinajstić information content (AvgIpc) is 2.88. The lowest BCUT2D eigenvalue weighted by atomic mass is 10.2. The van der Waals surface area contributed by atoms with Gasteiger partial charge in [-0.2, -0.15) is 0 Å². The molecule has 0 amide bonds. The number of benzene rings is 1. The lowest BCUT2D eigenvalue weighted by Gasteiger charge is -2.10. The van der Waals surface area contributed by atoms with Crippen LogP contribution in [-0.4, -0.2) is 24.8 Å². The van der Waals surface area contributed by atoms with Crippen molar-refractivity contribution in [2.75, 3.05) is 14.2 Å². The molecule has 112 valence electrons. The predicted molar refractivity (Wildman–Crippen MR) is 80.3 cm³/mol. The van der Waals surface area contributed by atoms with Gasteiger partial charge in [0.25, 0.3) is 0 Å². The molecule has 0 aliphatic rings. The summed E-state index contributed by atoms with van der Waals surface area (Å²) in [5.74, 6) is 0.542. The quantitative estimate of drug-likeness (QED) is 0.827. The zero-order valence-electron chi connectivity index (χ0n) is 12.6. The van der Waals surface area contributed by atoms with E-state index in [2.05, 4.69) is 5.32 Å². The van der Waals surface area contributed by atoms with Crippen LogP contribution in [0.5, 0.6) is 5.75 Å². The van der Waals surface area contributed by atoms with E-state index in [1.807, 2.05) is 41.9 Å². The van der Waals surface area contributed by atoms with Gasteiger partial charge in [0, 0.05) is 31.4 Å². The van der Waals surface area contributed by atoms with Crippen molar-refractivity contribution in [2.45, 2.75) is 13.1 Å². The first kappa shape index (κ1) is 15.1. The second-order valence-corrected chi connectivity index (χ2v) is 4.68. The summed E-state index contributed by atoms with van der Waals surface area (Å²) >= 11 is 0. The normalized spacial score (nSPS) is 10.4. The molecular formula is C16H20N2O3. The molecule has 0 radical (unpaired) electrons. The number of hydrogen-bond donors (Lipinski definition) is 1. The SMILES string of the molecule is COC(=O)c1ccc(CNCc2ccccc2OC)n1C. The van der Waals surface area contributed by atoms with E-state index in [0.717, 1.165) is 17.0 Å². The van der Waals surface area contributed by atoms with Crippen LogP contribution in [0.15, 0.2) is 36.4 Å². The molecule has 5 heteroatoms. The average molecular weight is 288 g/mol. The number of esters is 1. The summed E-state index contributed by atoms with van der Waals surface area (Å²) in [6.45, 7) is 1.36. The van der Waals surface area contributed by atoms with E-state index in [1.165, 1.54) is 7.11 Å². The first-order chi connectivity index (χ1) is 10.2. The molecular weight excluding hydrogens is 268 g/mol. The maximum absolute atomic E-state index is 11.5. The minimum atomic E-state index is -0.325. The monoisotopic (exact) mass is 288 g/mol. The molecule has 0 unspecified atom stereocenters. The second kappa shape index (κ2) is 6.95. The van der Waals surface area contributed by atoms with E-state index in [4.69, 9.17) is 9.47 Å². The fourth-order valence-corrected chi connectivity index (χ4v) is 2.21. The lowest BCUT2D eigenvalue weighted by molar-refractivity contribution is 0.0589. The Kier molecular flexibility index (Phi) is 5.00. The fraction of sp³-hybridized carbons (Fsp3) is 0.312. The Hall–Kier alpha value is -2.27. The number of ether oxygens (including phenoxy) is 2. The molecule has 0 atom stereocenters. The van der Waals surface area contributed by atoms with Crippen LogP contribution in [0, 0.1) is 0 Å². The molecule has 1 aromatic heterocycles. The van der Waals surface area contributed by atoms with Crippen molar-refractivity contribution >= 4 is 5.97 Å². The van der Waals surface area contributed by atoms with Crippen molar-refractivity contribution in [3.05, 3.63) is 53.3 Å². The summed E-state index contributed by atoms with van der Waals surface area (Å²) in [5, 5.41) is 3.35. The van der Waals surface area contributed by atoms with E-state index >= 15 is 0 Å². The Labute approximate surface area is 124 Å². The van der Waals surface area contributed by atoms with Crippen LogP contribution >= 0.6 is 0 Å². The molecule has 21 heavy (non-hydrogen) atoms. The smallest absolute Gasteiger partial charge is 0.354 e. The minimum absolute atomic E-state index is 0.325. The van der Waals surface area contributed by atoms with Gasteiger partial charge in [0.05, 0.1) is 14.2 Å². The van der Waals surface area contributed by atoms with Crippen molar-refractivity contribution in [3.8, 4) is 5.75 Å². The first-order valence-electron chi connectivity index (χ1n) is 6.73. The van der Waals surface area contributed by atoms with Crippen LogP contribution in [-0.2, 0) is 24.9 Å². The van der Waals surface area contributed by atoms with E-state index < -0.39 is 0 Å². The standard InChI is InChI=1S/C16H20N2O3/c1-18-13(8-9-14(18)16(19)21-3)11-17-10-12-6-4-5-7-15(12)20-2/h4-9,17H,10-11H2,1-3H3. The van der Waals surface area contributed by atoms with Crippen molar-refractivity contribution in [2.24, 2.45) is 7.05 Å². The van der Waals surface area contributed by atoms with Gasteiger partial charge in [-0.25, -0.2) is 4.79 Å². The molecule has 0 saturated heterocycles. The van der Waals surface area contributed by atoms with Gasteiger partial charge in [0.2, 0.25) is 0 Å². The molecule has 0 saturated carbocycles. The summed E-state index contributed by atoms with van der Waals surface area (Å²) < 4.78 is 11.9. The Morgan fingerprint density at radius 1 is 1.14 bits per heavy atom. The van der Waals surface area contributed by atoms with Gasteiger partial charge in [0.1, 0.15) is 11.4 Å². The number of aromatic nitrogens is 1. The third-order valence-electron chi connectivity index (χ3n) is 3.43. The summed E-state index contributed by atoms with van der Waals surface area (Å²) in [7, 11) is 4.90. The van der Waals surface area contributed by atoms with Crippen LogP contribution in [0.1, 0.15) is 21.7 Å². The molecule has 2 rings (SSSR count).